The molecular weight excluding hydrogens is 279 g/mol. The molecular formula is C9H11IN2O. The van der Waals surface area contributed by atoms with E-state index in [-0.39, 0.29) is 5.91 Å². The maximum atomic E-state index is 11.0. The van der Waals surface area contributed by atoms with Crippen LogP contribution in [-0.4, -0.2) is 10.3 Å². The molecule has 0 fully saturated rings. The van der Waals surface area contributed by atoms with Gasteiger partial charge in [0.05, 0.1) is 4.43 Å². The number of benzene rings is 1. The molecule has 0 saturated heterocycles. The normalized spacial score (nSPS) is 9.69. The van der Waals surface area contributed by atoms with E-state index in [1.807, 2.05) is 46.9 Å². The molecule has 1 amide bonds. The summed E-state index contributed by atoms with van der Waals surface area (Å²) in [4.78, 5) is 11.0. The molecule has 1 aromatic rings. The second-order valence-electron chi connectivity index (χ2n) is 2.59. The van der Waals surface area contributed by atoms with Crippen molar-refractivity contribution in [3.8, 4) is 0 Å². The second-order valence-corrected chi connectivity index (χ2v) is 3.35. The van der Waals surface area contributed by atoms with Gasteiger partial charge in [-0.1, -0.05) is 34.7 Å². The van der Waals surface area contributed by atoms with Crippen LogP contribution in [0.4, 0.5) is 5.69 Å². The highest BCUT2D eigenvalue weighted by molar-refractivity contribution is 14.1. The molecule has 0 aliphatic carbocycles. The molecule has 0 spiro atoms. The van der Waals surface area contributed by atoms with Gasteiger partial charge in [-0.2, -0.15) is 0 Å². The Kier molecular flexibility index (Phi) is 4.17. The molecule has 0 heterocycles. The monoisotopic (exact) mass is 290 g/mol. The summed E-state index contributed by atoms with van der Waals surface area (Å²) >= 11 is 2.02. The third-order valence-corrected chi connectivity index (χ3v) is 2.26. The Labute approximate surface area is 90.8 Å². The van der Waals surface area contributed by atoms with Crippen LogP contribution in [0.1, 0.15) is 5.56 Å². The Hall–Kier alpha value is -0.620. The Morgan fingerprint density at radius 2 is 2.31 bits per heavy atom. The standard InChI is InChI=1S/C9H11IN2O/c10-5-9(13)12-8-3-1-2-7(4-8)6-11/h1-4H,5-6,11H2,(H,12,13). The summed E-state index contributed by atoms with van der Waals surface area (Å²) in [5.41, 5.74) is 7.30. The summed E-state index contributed by atoms with van der Waals surface area (Å²) < 4.78 is 0.463. The summed E-state index contributed by atoms with van der Waals surface area (Å²) in [6.07, 6.45) is 0. The molecule has 3 N–H and O–H groups in total. The van der Waals surface area contributed by atoms with Gasteiger partial charge in [0, 0.05) is 12.2 Å². The van der Waals surface area contributed by atoms with E-state index < -0.39 is 0 Å². The zero-order valence-electron chi connectivity index (χ0n) is 7.09. The van der Waals surface area contributed by atoms with E-state index >= 15 is 0 Å². The molecule has 0 saturated carbocycles. The van der Waals surface area contributed by atoms with Crippen LogP contribution in [0.2, 0.25) is 0 Å². The minimum Gasteiger partial charge on any atom is -0.326 e. The van der Waals surface area contributed by atoms with Crippen LogP contribution >= 0.6 is 22.6 Å². The van der Waals surface area contributed by atoms with Crippen LogP contribution < -0.4 is 11.1 Å². The van der Waals surface area contributed by atoms with Crippen molar-refractivity contribution in [2.24, 2.45) is 5.73 Å². The lowest BCUT2D eigenvalue weighted by Gasteiger charge is -2.04. The van der Waals surface area contributed by atoms with Crippen LogP contribution in [0.15, 0.2) is 24.3 Å². The number of halogens is 1. The number of hydrogen-bond acceptors (Lipinski definition) is 2. The van der Waals surface area contributed by atoms with Gasteiger partial charge in [0.2, 0.25) is 5.91 Å². The number of carbonyl (C=O) groups is 1. The summed E-state index contributed by atoms with van der Waals surface area (Å²) in [6, 6.07) is 7.54. The van der Waals surface area contributed by atoms with Gasteiger partial charge in [-0.15, -0.1) is 0 Å². The van der Waals surface area contributed by atoms with Gasteiger partial charge in [-0.3, -0.25) is 4.79 Å². The maximum Gasteiger partial charge on any atom is 0.234 e. The van der Waals surface area contributed by atoms with Gasteiger partial charge in [-0.05, 0) is 17.7 Å². The first kappa shape index (κ1) is 10.5. The smallest absolute Gasteiger partial charge is 0.234 e. The van der Waals surface area contributed by atoms with Crippen LogP contribution in [0.5, 0.6) is 0 Å². The third-order valence-electron chi connectivity index (χ3n) is 1.57. The first-order valence-corrected chi connectivity index (χ1v) is 5.43. The average molecular weight is 290 g/mol. The first-order chi connectivity index (χ1) is 6.26. The van der Waals surface area contributed by atoms with E-state index in [0.717, 1.165) is 11.3 Å². The highest BCUT2D eigenvalue weighted by Gasteiger charge is 1.99. The van der Waals surface area contributed by atoms with Crippen LogP contribution in [-0.2, 0) is 11.3 Å². The van der Waals surface area contributed by atoms with Gasteiger partial charge < -0.3 is 11.1 Å². The molecule has 4 heteroatoms. The molecule has 0 aliphatic heterocycles. The van der Waals surface area contributed by atoms with E-state index in [1.54, 1.807) is 0 Å². The summed E-state index contributed by atoms with van der Waals surface area (Å²) in [5.74, 6) is 0.00905. The number of alkyl halides is 1. The molecule has 1 aromatic carbocycles. The fourth-order valence-electron chi connectivity index (χ4n) is 0.970. The predicted molar refractivity (Wildman–Crippen MR) is 61.9 cm³/mol. The molecule has 13 heavy (non-hydrogen) atoms. The molecule has 0 aliphatic rings. The van der Waals surface area contributed by atoms with Crippen molar-refractivity contribution >= 4 is 34.2 Å². The highest BCUT2D eigenvalue weighted by Crippen LogP contribution is 2.09. The van der Waals surface area contributed by atoms with Crippen molar-refractivity contribution in [1.29, 1.82) is 0 Å². The number of carbonyl (C=O) groups excluding carboxylic acids is 1. The van der Waals surface area contributed by atoms with Gasteiger partial charge in [0.1, 0.15) is 0 Å². The lowest BCUT2D eigenvalue weighted by atomic mass is 10.2. The summed E-state index contributed by atoms with van der Waals surface area (Å²) in [6.45, 7) is 0.494. The fourth-order valence-corrected chi connectivity index (χ4v) is 1.16. The third kappa shape index (κ3) is 3.31. The second kappa shape index (κ2) is 5.18. The molecule has 0 radical (unpaired) electrons. The Balaban J connectivity index is 2.71. The topological polar surface area (TPSA) is 55.1 Å². The molecule has 0 atom stereocenters. The predicted octanol–water partition coefficient (Wildman–Crippen LogP) is 1.52. The van der Waals surface area contributed by atoms with E-state index in [1.165, 1.54) is 0 Å². The molecule has 0 aromatic heterocycles. The zero-order chi connectivity index (χ0) is 9.68. The van der Waals surface area contributed by atoms with Crippen LogP contribution in [0.25, 0.3) is 0 Å². The van der Waals surface area contributed by atoms with E-state index in [0.29, 0.717) is 11.0 Å². The van der Waals surface area contributed by atoms with Crippen molar-refractivity contribution in [2.75, 3.05) is 9.74 Å². The lowest BCUT2D eigenvalue weighted by molar-refractivity contribution is -0.113. The van der Waals surface area contributed by atoms with Crippen LogP contribution in [0, 0.1) is 0 Å². The number of rotatable bonds is 3. The van der Waals surface area contributed by atoms with Crippen molar-refractivity contribution in [1.82, 2.24) is 0 Å². The number of nitrogens with two attached hydrogens (primary N) is 1. The summed E-state index contributed by atoms with van der Waals surface area (Å²) in [5, 5.41) is 2.76. The minimum atomic E-state index is 0.00905. The molecule has 0 bridgehead atoms. The summed E-state index contributed by atoms with van der Waals surface area (Å²) in [7, 11) is 0. The highest BCUT2D eigenvalue weighted by atomic mass is 127. The first-order valence-electron chi connectivity index (χ1n) is 3.91. The SMILES string of the molecule is NCc1cccc(NC(=O)CI)c1. The number of nitrogens with one attached hydrogen (secondary N) is 1. The van der Waals surface area contributed by atoms with Gasteiger partial charge in [-0.25, -0.2) is 0 Å². The molecule has 3 nitrogen and oxygen atoms in total. The van der Waals surface area contributed by atoms with E-state index in [4.69, 9.17) is 5.73 Å². The minimum absolute atomic E-state index is 0.00905. The van der Waals surface area contributed by atoms with Gasteiger partial charge in [0.15, 0.2) is 0 Å². The van der Waals surface area contributed by atoms with Crippen molar-refractivity contribution in [3.05, 3.63) is 29.8 Å². The molecule has 1 rings (SSSR count). The van der Waals surface area contributed by atoms with E-state index in [9.17, 15) is 4.79 Å². The fraction of sp³-hybridized carbons (Fsp3) is 0.222. The Morgan fingerprint density at radius 3 is 2.92 bits per heavy atom. The maximum absolute atomic E-state index is 11.0. The van der Waals surface area contributed by atoms with E-state index in [2.05, 4.69) is 5.32 Å². The van der Waals surface area contributed by atoms with Gasteiger partial charge in [0.25, 0.3) is 0 Å². The van der Waals surface area contributed by atoms with Crippen molar-refractivity contribution in [2.45, 2.75) is 6.54 Å². The lowest BCUT2D eigenvalue weighted by Crippen LogP contribution is -2.12. The van der Waals surface area contributed by atoms with Crippen molar-refractivity contribution < 1.29 is 4.79 Å². The number of hydrogen-bond donors (Lipinski definition) is 2. The molecule has 70 valence electrons. The Bertz CT molecular complexity index is 301. The Morgan fingerprint density at radius 1 is 1.54 bits per heavy atom. The zero-order valence-corrected chi connectivity index (χ0v) is 9.24. The van der Waals surface area contributed by atoms with Crippen molar-refractivity contribution in [3.63, 3.8) is 0 Å². The largest absolute Gasteiger partial charge is 0.326 e. The quantitative estimate of drug-likeness (QED) is 0.655. The molecule has 0 unspecified atom stereocenters. The number of anilines is 1. The average Bonchev–Trinajstić information content (AvgIpc) is 2.18. The number of amides is 1. The van der Waals surface area contributed by atoms with Crippen LogP contribution in [0.3, 0.4) is 0 Å². The van der Waals surface area contributed by atoms with Gasteiger partial charge >= 0.3 is 0 Å².